The van der Waals surface area contributed by atoms with Crippen molar-refractivity contribution in [2.45, 2.75) is 6.54 Å². The van der Waals surface area contributed by atoms with Crippen molar-refractivity contribution in [1.29, 1.82) is 0 Å². The molecular weight excluding hydrogens is 281 g/mol. The second kappa shape index (κ2) is 6.08. The summed E-state index contributed by atoms with van der Waals surface area (Å²) in [7, 11) is -2.82. The minimum atomic E-state index is -2.82. The summed E-state index contributed by atoms with van der Waals surface area (Å²) in [6.45, 7) is 0.434. The Bertz CT molecular complexity index is 315. The van der Waals surface area contributed by atoms with Crippen molar-refractivity contribution in [2.24, 2.45) is 5.73 Å². The molecule has 1 aromatic carbocycles. The Morgan fingerprint density at radius 2 is 1.77 bits per heavy atom. The van der Waals surface area contributed by atoms with Gasteiger partial charge in [0.05, 0.1) is 0 Å². The van der Waals surface area contributed by atoms with Crippen molar-refractivity contribution < 1.29 is 32.1 Å². The fourth-order valence-corrected chi connectivity index (χ4v) is 1.07. The second-order valence-corrected chi connectivity index (χ2v) is 2.79. The van der Waals surface area contributed by atoms with Gasteiger partial charge in [-0.2, -0.15) is 8.42 Å². The predicted octanol–water partition coefficient (Wildman–Crippen LogP) is 0.0480. The molecule has 0 aromatic heterocycles. The molecule has 0 atom stereocenters. The SMILES string of the molecule is NCc1ccc(O[SH](=O)=O)cc1.[Rh]. The topological polar surface area (TPSA) is 69.4 Å². The van der Waals surface area contributed by atoms with Gasteiger partial charge in [-0.25, -0.2) is 0 Å². The Morgan fingerprint density at radius 1 is 1.23 bits per heavy atom. The van der Waals surface area contributed by atoms with Crippen LogP contribution in [0.5, 0.6) is 5.75 Å². The zero-order valence-corrected chi connectivity index (χ0v) is 9.13. The van der Waals surface area contributed by atoms with Gasteiger partial charge >= 0.3 is 0 Å². The summed E-state index contributed by atoms with van der Waals surface area (Å²) in [5.41, 5.74) is 6.27. The van der Waals surface area contributed by atoms with Gasteiger partial charge < -0.3 is 9.92 Å². The molecule has 0 fully saturated rings. The molecule has 0 bridgehead atoms. The Hall–Kier alpha value is -0.447. The molecule has 0 unspecified atom stereocenters. The van der Waals surface area contributed by atoms with E-state index in [-0.39, 0.29) is 19.5 Å². The van der Waals surface area contributed by atoms with E-state index in [1.165, 1.54) is 0 Å². The minimum absolute atomic E-state index is 0. The molecule has 0 spiro atoms. The summed E-state index contributed by atoms with van der Waals surface area (Å²) in [5.74, 6) is 0.309. The van der Waals surface area contributed by atoms with Gasteiger partial charge in [-0.05, 0) is 17.7 Å². The summed E-state index contributed by atoms with van der Waals surface area (Å²) in [4.78, 5) is 0. The van der Waals surface area contributed by atoms with Crippen molar-refractivity contribution in [3.63, 3.8) is 0 Å². The van der Waals surface area contributed by atoms with E-state index in [2.05, 4.69) is 4.18 Å². The van der Waals surface area contributed by atoms with Crippen LogP contribution in [0.3, 0.4) is 0 Å². The van der Waals surface area contributed by atoms with E-state index in [0.29, 0.717) is 12.3 Å². The van der Waals surface area contributed by atoms with E-state index in [1.54, 1.807) is 24.3 Å². The number of hydrogen-bond donors (Lipinski definition) is 2. The summed E-state index contributed by atoms with van der Waals surface area (Å²) >= 11 is 0. The summed E-state index contributed by atoms with van der Waals surface area (Å²) in [6.07, 6.45) is 0. The van der Waals surface area contributed by atoms with Crippen molar-refractivity contribution in [3.8, 4) is 5.75 Å². The average molecular weight is 290 g/mol. The van der Waals surface area contributed by atoms with Crippen molar-refractivity contribution in [3.05, 3.63) is 29.8 Å². The average Bonchev–Trinajstić information content (AvgIpc) is 2.05. The molecule has 0 aliphatic heterocycles. The van der Waals surface area contributed by atoms with Crippen LogP contribution in [-0.4, -0.2) is 8.42 Å². The van der Waals surface area contributed by atoms with Crippen LogP contribution >= 0.6 is 0 Å². The van der Waals surface area contributed by atoms with Crippen LogP contribution in [0, 0.1) is 0 Å². The maximum absolute atomic E-state index is 10.1. The standard InChI is InChI=1S/C7H9NO3S.Rh/c8-5-6-1-3-7(4-2-6)11-12(9)10;/h1-4,12H,5,8H2;. The van der Waals surface area contributed by atoms with E-state index in [0.717, 1.165) is 5.56 Å². The van der Waals surface area contributed by atoms with E-state index >= 15 is 0 Å². The van der Waals surface area contributed by atoms with Gasteiger partial charge in [0.2, 0.25) is 0 Å². The summed E-state index contributed by atoms with van der Waals surface area (Å²) in [6, 6.07) is 6.56. The maximum atomic E-state index is 10.1. The molecule has 13 heavy (non-hydrogen) atoms. The Labute approximate surface area is 91.0 Å². The first-order valence-corrected chi connectivity index (χ1v) is 4.43. The van der Waals surface area contributed by atoms with Crippen LogP contribution in [0.15, 0.2) is 24.3 Å². The molecule has 1 radical (unpaired) electrons. The largest absolute Gasteiger partial charge is 0.384 e. The molecule has 0 aliphatic rings. The Balaban J connectivity index is 0.00000144. The Morgan fingerprint density at radius 3 is 2.15 bits per heavy atom. The predicted molar refractivity (Wildman–Crippen MR) is 45.3 cm³/mol. The number of rotatable bonds is 3. The fraction of sp³-hybridized carbons (Fsp3) is 0.143. The van der Waals surface area contributed by atoms with Gasteiger partial charge in [0.25, 0.3) is 11.0 Å². The third kappa shape index (κ3) is 4.36. The number of hydrogen-bond acceptors (Lipinski definition) is 4. The first-order chi connectivity index (χ1) is 5.72. The molecule has 0 saturated carbocycles. The van der Waals surface area contributed by atoms with Crippen molar-refractivity contribution in [2.75, 3.05) is 0 Å². The van der Waals surface area contributed by atoms with Crippen LogP contribution in [-0.2, 0) is 37.0 Å². The monoisotopic (exact) mass is 290 g/mol. The smallest absolute Gasteiger partial charge is 0.299 e. The van der Waals surface area contributed by atoms with Gasteiger partial charge in [0, 0.05) is 26.0 Å². The molecular formula is C7H9NO3RhS. The van der Waals surface area contributed by atoms with E-state index in [4.69, 9.17) is 5.73 Å². The van der Waals surface area contributed by atoms with Crippen LogP contribution in [0.4, 0.5) is 0 Å². The number of benzene rings is 1. The molecule has 0 aliphatic carbocycles. The van der Waals surface area contributed by atoms with E-state index in [1.807, 2.05) is 0 Å². The quantitative estimate of drug-likeness (QED) is 0.609. The third-order valence-electron chi connectivity index (χ3n) is 1.34. The van der Waals surface area contributed by atoms with Gasteiger partial charge in [-0.15, -0.1) is 0 Å². The molecule has 0 heterocycles. The molecule has 4 nitrogen and oxygen atoms in total. The van der Waals surface area contributed by atoms with Gasteiger partial charge in [-0.3, -0.25) is 0 Å². The number of nitrogens with two attached hydrogens (primary N) is 1. The molecule has 0 saturated heterocycles. The van der Waals surface area contributed by atoms with Crippen LogP contribution in [0.2, 0.25) is 0 Å². The zero-order chi connectivity index (χ0) is 8.97. The van der Waals surface area contributed by atoms with E-state index < -0.39 is 11.0 Å². The maximum Gasteiger partial charge on any atom is 0.299 e. The van der Waals surface area contributed by atoms with Gasteiger partial charge in [0.15, 0.2) is 0 Å². The molecule has 6 heteroatoms. The molecule has 75 valence electrons. The molecule has 0 amide bonds. The van der Waals surface area contributed by atoms with Crippen LogP contribution in [0.25, 0.3) is 0 Å². The van der Waals surface area contributed by atoms with Crippen LogP contribution in [0.1, 0.15) is 5.56 Å². The van der Waals surface area contributed by atoms with Crippen molar-refractivity contribution in [1.82, 2.24) is 0 Å². The van der Waals surface area contributed by atoms with Gasteiger partial charge in [0.1, 0.15) is 5.75 Å². The zero-order valence-electron chi connectivity index (χ0n) is 6.60. The number of thiol groups is 1. The summed E-state index contributed by atoms with van der Waals surface area (Å²) in [5, 5.41) is 0. The van der Waals surface area contributed by atoms with Gasteiger partial charge in [-0.1, -0.05) is 12.1 Å². The Kier molecular flexibility index (Phi) is 5.87. The first kappa shape index (κ1) is 12.6. The fourth-order valence-electron chi connectivity index (χ4n) is 0.772. The summed E-state index contributed by atoms with van der Waals surface area (Å²) < 4.78 is 24.7. The van der Waals surface area contributed by atoms with Crippen LogP contribution < -0.4 is 9.92 Å². The normalized spacial score (nSPS) is 9.38. The van der Waals surface area contributed by atoms with Crippen molar-refractivity contribution >= 4 is 11.0 Å². The first-order valence-electron chi connectivity index (χ1n) is 3.34. The molecule has 1 aromatic rings. The molecule has 1 rings (SSSR count). The molecule has 2 N–H and O–H groups in total. The third-order valence-corrected chi connectivity index (χ3v) is 1.70. The van der Waals surface area contributed by atoms with E-state index in [9.17, 15) is 8.42 Å². The second-order valence-electron chi connectivity index (χ2n) is 2.16. The minimum Gasteiger partial charge on any atom is -0.384 e.